The SMILES string of the molecule is COc1cc(N2C(=O)c3ccc(Cc4ccccc4)cc3C2=O)ccc1OCCN(C(C)C)C(C)C. The van der Waals surface area contributed by atoms with Crippen molar-refractivity contribution in [1.82, 2.24) is 4.90 Å². The normalized spacial score (nSPS) is 13.2. The molecule has 1 heterocycles. The highest BCUT2D eigenvalue weighted by Gasteiger charge is 2.37. The van der Waals surface area contributed by atoms with Gasteiger partial charge in [-0.1, -0.05) is 36.4 Å². The third kappa shape index (κ3) is 5.29. The van der Waals surface area contributed by atoms with Gasteiger partial charge in [-0.05, 0) is 69.5 Å². The molecule has 3 aromatic rings. The highest BCUT2D eigenvalue weighted by atomic mass is 16.5. The van der Waals surface area contributed by atoms with Crippen molar-refractivity contribution in [2.24, 2.45) is 0 Å². The summed E-state index contributed by atoms with van der Waals surface area (Å²) in [5.74, 6) is 0.400. The topological polar surface area (TPSA) is 59.1 Å². The molecule has 0 radical (unpaired) electrons. The number of nitrogens with zero attached hydrogens (tertiary/aromatic N) is 2. The Bertz CT molecular complexity index is 1230. The van der Waals surface area contributed by atoms with Gasteiger partial charge in [0.15, 0.2) is 11.5 Å². The van der Waals surface area contributed by atoms with Crippen molar-refractivity contribution in [2.75, 3.05) is 25.2 Å². The Labute approximate surface area is 213 Å². The molecule has 0 N–H and O–H groups in total. The first-order valence-corrected chi connectivity index (χ1v) is 12.4. The van der Waals surface area contributed by atoms with Crippen molar-refractivity contribution < 1.29 is 19.1 Å². The Hall–Kier alpha value is -3.64. The summed E-state index contributed by atoms with van der Waals surface area (Å²) in [7, 11) is 1.55. The first kappa shape index (κ1) is 25.5. The third-order valence-electron chi connectivity index (χ3n) is 6.54. The Morgan fingerprint density at radius 2 is 1.47 bits per heavy atom. The summed E-state index contributed by atoms with van der Waals surface area (Å²) in [4.78, 5) is 30.0. The molecule has 1 aliphatic heterocycles. The van der Waals surface area contributed by atoms with Crippen LogP contribution in [0.3, 0.4) is 0 Å². The van der Waals surface area contributed by atoms with Gasteiger partial charge >= 0.3 is 0 Å². The van der Waals surface area contributed by atoms with Crippen molar-refractivity contribution >= 4 is 17.5 Å². The molecule has 3 aromatic carbocycles. The predicted molar refractivity (Wildman–Crippen MR) is 142 cm³/mol. The van der Waals surface area contributed by atoms with Gasteiger partial charge in [0.05, 0.1) is 23.9 Å². The number of hydrogen-bond donors (Lipinski definition) is 0. The second-order valence-corrected chi connectivity index (χ2v) is 9.60. The van der Waals surface area contributed by atoms with Crippen LogP contribution in [0.5, 0.6) is 11.5 Å². The molecule has 4 rings (SSSR count). The molecule has 0 saturated heterocycles. The van der Waals surface area contributed by atoms with Crippen LogP contribution in [0.1, 0.15) is 59.5 Å². The van der Waals surface area contributed by atoms with E-state index in [1.165, 1.54) is 4.90 Å². The minimum atomic E-state index is -0.332. The molecule has 0 aromatic heterocycles. The Balaban J connectivity index is 1.51. The van der Waals surface area contributed by atoms with Crippen LogP contribution in [0.25, 0.3) is 0 Å². The van der Waals surface area contributed by atoms with Gasteiger partial charge in [-0.15, -0.1) is 0 Å². The average Bonchev–Trinajstić information content (AvgIpc) is 3.11. The van der Waals surface area contributed by atoms with Crippen LogP contribution in [-0.2, 0) is 6.42 Å². The van der Waals surface area contributed by atoms with Crippen LogP contribution in [0.15, 0.2) is 66.7 Å². The first-order valence-electron chi connectivity index (χ1n) is 12.4. The van der Waals surface area contributed by atoms with Crippen molar-refractivity contribution in [3.63, 3.8) is 0 Å². The van der Waals surface area contributed by atoms with E-state index in [9.17, 15) is 9.59 Å². The molecule has 1 aliphatic rings. The van der Waals surface area contributed by atoms with Crippen molar-refractivity contribution in [3.8, 4) is 11.5 Å². The summed E-state index contributed by atoms with van der Waals surface area (Å²) in [6.07, 6.45) is 0.695. The molecule has 0 unspecified atom stereocenters. The van der Waals surface area contributed by atoms with Crippen molar-refractivity contribution in [1.29, 1.82) is 0 Å². The van der Waals surface area contributed by atoms with Gasteiger partial charge in [0, 0.05) is 24.7 Å². The Kier molecular flexibility index (Phi) is 7.75. The van der Waals surface area contributed by atoms with Gasteiger partial charge in [-0.25, -0.2) is 4.90 Å². The van der Waals surface area contributed by atoms with E-state index in [2.05, 4.69) is 32.6 Å². The van der Waals surface area contributed by atoms with Crippen LogP contribution < -0.4 is 14.4 Å². The number of carbonyl (C=O) groups excluding carboxylic acids is 2. The number of methoxy groups -OCH3 is 1. The zero-order valence-electron chi connectivity index (χ0n) is 21.7. The van der Waals surface area contributed by atoms with E-state index in [0.29, 0.717) is 53.4 Å². The van der Waals surface area contributed by atoms with Crippen LogP contribution in [0, 0.1) is 0 Å². The van der Waals surface area contributed by atoms with E-state index in [1.807, 2.05) is 42.5 Å². The summed E-state index contributed by atoms with van der Waals surface area (Å²) < 4.78 is 11.6. The number of anilines is 1. The molecule has 0 saturated carbocycles. The number of carbonyl (C=O) groups is 2. The lowest BCUT2D eigenvalue weighted by atomic mass is 10.0. The summed E-state index contributed by atoms with van der Waals surface area (Å²) in [6, 6.07) is 21.5. The van der Waals surface area contributed by atoms with Gasteiger partial charge in [0.1, 0.15) is 6.61 Å². The summed E-state index contributed by atoms with van der Waals surface area (Å²) in [5.41, 5.74) is 3.44. The third-order valence-corrected chi connectivity index (χ3v) is 6.54. The van der Waals surface area contributed by atoms with E-state index in [-0.39, 0.29) is 11.8 Å². The first-order chi connectivity index (χ1) is 17.3. The number of rotatable bonds is 10. The molecule has 6 heteroatoms. The number of imide groups is 1. The minimum Gasteiger partial charge on any atom is -0.493 e. The molecule has 0 spiro atoms. The quantitative estimate of drug-likeness (QED) is 0.350. The fourth-order valence-corrected chi connectivity index (χ4v) is 4.75. The summed E-state index contributed by atoms with van der Waals surface area (Å²) in [6.45, 7) is 9.96. The van der Waals surface area contributed by atoms with Gasteiger partial charge in [-0.3, -0.25) is 14.5 Å². The molecule has 0 atom stereocenters. The number of benzene rings is 3. The minimum absolute atomic E-state index is 0.329. The number of hydrogen-bond acceptors (Lipinski definition) is 5. The van der Waals surface area contributed by atoms with Gasteiger partial charge in [0.25, 0.3) is 11.8 Å². The number of ether oxygens (including phenoxy) is 2. The fraction of sp³-hybridized carbons (Fsp3) is 0.333. The predicted octanol–water partition coefficient (Wildman–Crippen LogP) is 5.58. The van der Waals surface area contributed by atoms with E-state index < -0.39 is 0 Å². The molecule has 188 valence electrons. The largest absolute Gasteiger partial charge is 0.493 e. The highest BCUT2D eigenvalue weighted by Crippen LogP contribution is 2.36. The standard InChI is InChI=1S/C30H34N2O4/c1-20(2)31(21(3)4)15-16-36-27-14-12-24(19-28(27)35-5)32-29(33)25-13-11-23(18-26(25)30(32)34)17-22-9-7-6-8-10-22/h6-14,18-21H,15-17H2,1-5H3. The molecular weight excluding hydrogens is 452 g/mol. The maximum Gasteiger partial charge on any atom is 0.266 e. The van der Waals surface area contributed by atoms with Crippen LogP contribution in [-0.4, -0.2) is 49.1 Å². The molecule has 2 amide bonds. The van der Waals surface area contributed by atoms with E-state index in [4.69, 9.17) is 9.47 Å². The molecule has 6 nitrogen and oxygen atoms in total. The zero-order chi connectivity index (χ0) is 25.8. The number of fused-ring (bicyclic) bond motifs is 1. The lowest BCUT2D eigenvalue weighted by Crippen LogP contribution is -2.39. The maximum atomic E-state index is 13.3. The molecule has 0 fully saturated rings. The second-order valence-electron chi connectivity index (χ2n) is 9.60. The molecular formula is C30H34N2O4. The van der Waals surface area contributed by atoms with Crippen molar-refractivity contribution in [2.45, 2.75) is 46.2 Å². The second kappa shape index (κ2) is 11.0. The average molecular weight is 487 g/mol. The Morgan fingerprint density at radius 3 is 2.14 bits per heavy atom. The van der Waals surface area contributed by atoms with Gasteiger partial charge < -0.3 is 9.47 Å². The fourth-order valence-electron chi connectivity index (χ4n) is 4.75. The van der Waals surface area contributed by atoms with E-state index in [0.717, 1.165) is 17.7 Å². The maximum absolute atomic E-state index is 13.3. The van der Waals surface area contributed by atoms with Crippen molar-refractivity contribution in [3.05, 3.63) is 89.0 Å². The molecule has 36 heavy (non-hydrogen) atoms. The van der Waals surface area contributed by atoms with Gasteiger partial charge in [-0.2, -0.15) is 0 Å². The lowest BCUT2D eigenvalue weighted by molar-refractivity contribution is 0.0926. The van der Waals surface area contributed by atoms with Crippen LogP contribution in [0.2, 0.25) is 0 Å². The van der Waals surface area contributed by atoms with E-state index in [1.54, 1.807) is 31.4 Å². The summed E-state index contributed by atoms with van der Waals surface area (Å²) in [5, 5.41) is 0. The highest BCUT2D eigenvalue weighted by molar-refractivity contribution is 6.34. The monoisotopic (exact) mass is 486 g/mol. The number of amides is 2. The zero-order valence-corrected chi connectivity index (χ0v) is 21.7. The Morgan fingerprint density at radius 1 is 0.778 bits per heavy atom. The summed E-state index contributed by atoms with van der Waals surface area (Å²) >= 11 is 0. The molecule has 0 bridgehead atoms. The van der Waals surface area contributed by atoms with Gasteiger partial charge in [0.2, 0.25) is 0 Å². The van der Waals surface area contributed by atoms with Crippen LogP contribution >= 0.6 is 0 Å². The smallest absolute Gasteiger partial charge is 0.266 e. The lowest BCUT2D eigenvalue weighted by Gasteiger charge is -2.30. The van der Waals surface area contributed by atoms with Crippen LogP contribution in [0.4, 0.5) is 5.69 Å². The van der Waals surface area contributed by atoms with E-state index >= 15 is 0 Å². The molecule has 0 aliphatic carbocycles.